The molecule has 0 spiro atoms. The highest BCUT2D eigenvalue weighted by atomic mass is 16.2. The Labute approximate surface area is 130 Å². The number of anilines is 1. The van der Waals surface area contributed by atoms with Crippen molar-refractivity contribution in [3.63, 3.8) is 0 Å². The monoisotopic (exact) mass is 292 g/mol. The summed E-state index contributed by atoms with van der Waals surface area (Å²) in [6.07, 6.45) is -7.63. The highest BCUT2D eigenvalue weighted by Crippen LogP contribution is 2.24. The van der Waals surface area contributed by atoms with Crippen molar-refractivity contribution in [3.05, 3.63) is 34.4 Å². The number of ketones is 2. The van der Waals surface area contributed by atoms with Crippen LogP contribution in [0.1, 0.15) is 37.9 Å². The fraction of sp³-hybridized carbons (Fsp3) is 0.333. The Kier molecular flexibility index (Phi) is 1.71. The van der Waals surface area contributed by atoms with Gasteiger partial charge in [-0.2, -0.15) is 0 Å². The Bertz CT molecular complexity index is 1080. The van der Waals surface area contributed by atoms with Crippen LogP contribution in [-0.4, -0.2) is 21.1 Å². The van der Waals surface area contributed by atoms with Gasteiger partial charge in [0.05, 0.1) is 24.7 Å². The maximum absolute atomic E-state index is 13.2. The van der Waals surface area contributed by atoms with Crippen LogP contribution in [-0.2, 0) is 9.59 Å². The first-order valence-corrected chi connectivity index (χ1v) is 6.16. The summed E-state index contributed by atoms with van der Waals surface area (Å²) >= 11 is 0. The van der Waals surface area contributed by atoms with Crippen molar-refractivity contribution in [2.75, 3.05) is 5.72 Å². The molecule has 1 heterocycles. The van der Waals surface area contributed by atoms with Crippen LogP contribution in [0.3, 0.4) is 0 Å². The Hall–Kier alpha value is -2.50. The minimum atomic E-state index is -3.38. The zero-order valence-corrected chi connectivity index (χ0v) is 11.0. The molecule has 1 atom stereocenters. The number of aromatic nitrogens is 2. The summed E-state index contributed by atoms with van der Waals surface area (Å²) in [7, 11) is 0. The number of nitrogens with zero attached hydrogens (tertiary/aromatic N) is 2. The molecule has 0 saturated heterocycles. The van der Waals surface area contributed by atoms with Gasteiger partial charge in [-0.05, 0) is 25.4 Å². The second kappa shape index (κ2) is 4.80. The molecular formula is C15H15N3O3. The molecule has 2 aromatic rings. The number of fused-ring (bicyclic) bond motifs is 1. The third-order valence-electron chi connectivity index (χ3n) is 3.17. The molecule has 2 N–H and O–H groups in total. The number of hydrogen-bond donors (Lipinski definition) is 1. The fourth-order valence-corrected chi connectivity index (χ4v) is 2.24. The van der Waals surface area contributed by atoms with Gasteiger partial charge in [-0.1, -0.05) is 6.07 Å². The SMILES string of the molecule is [2H]N([2H])c1cccc2nc(C)n([C@]3([2H])C(=O)CC(=O)C([2H])([2H])C3([2H])[2H])c(=O)c12. The molecule has 1 aliphatic rings. The minimum absolute atomic E-state index is 0.0623. The van der Waals surface area contributed by atoms with Crippen molar-refractivity contribution in [1.29, 1.82) is 0 Å². The highest BCUT2D eigenvalue weighted by molar-refractivity contribution is 6.03. The standard InChI is InChI=1S/C15H15N3O3/c1-8-17-11-4-2-3-10(16)14(11)15(21)18(8)12-6-5-9(19)7-13(12)20/h2-4,12H,5-7,16H2,1H3/t12-/m0/s1/i5D2,6D2,12D/hD2. The van der Waals surface area contributed by atoms with Gasteiger partial charge in [-0.15, -0.1) is 0 Å². The lowest BCUT2D eigenvalue weighted by atomic mass is 9.92. The Morgan fingerprint density at radius 1 is 1.48 bits per heavy atom. The van der Waals surface area contributed by atoms with Gasteiger partial charge in [0.15, 0.2) is 8.61 Å². The maximum atomic E-state index is 13.2. The quantitative estimate of drug-likeness (QED) is 0.661. The van der Waals surface area contributed by atoms with E-state index >= 15 is 0 Å². The minimum Gasteiger partial charge on any atom is -0.398 e. The number of hydrogen-bond acceptors (Lipinski definition) is 5. The lowest BCUT2D eigenvalue weighted by Crippen LogP contribution is -2.36. The molecule has 1 aliphatic carbocycles. The molecule has 0 radical (unpaired) electrons. The van der Waals surface area contributed by atoms with Gasteiger partial charge >= 0.3 is 0 Å². The van der Waals surface area contributed by atoms with Gasteiger partial charge in [0, 0.05) is 17.5 Å². The Balaban J connectivity index is 2.46. The van der Waals surface area contributed by atoms with Crippen molar-refractivity contribution < 1.29 is 19.3 Å². The summed E-state index contributed by atoms with van der Waals surface area (Å²) in [4.78, 5) is 41.8. The van der Waals surface area contributed by atoms with Crippen molar-refractivity contribution in [3.8, 4) is 0 Å². The van der Waals surface area contributed by atoms with Gasteiger partial charge in [-0.3, -0.25) is 19.0 Å². The number of aryl methyl sites for hydroxylation is 1. The zero-order chi connectivity index (χ0) is 21.2. The summed E-state index contributed by atoms with van der Waals surface area (Å²) < 4.78 is 55.7. The number of rotatable bonds is 2. The number of carbonyl (C=O) groups is 2. The molecule has 1 fully saturated rings. The van der Waals surface area contributed by atoms with Crippen LogP contribution in [0.25, 0.3) is 10.9 Å². The van der Waals surface area contributed by atoms with Crippen LogP contribution >= 0.6 is 0 Å². The van der Waals surface area contributed by atoms with E-state index in [2.05, 4.69) is 4.98 Å². The Morgan fingerprint density at radius 2 is 2.29 bits per heavy atom. The highest BCUT2D eigenvalue weighted by Gasteiger charge is 2.30. The van der Waals surface area contributed by atoms with Gasteiger partial charge in [0.2, 0.25) is 0 Å². The number of carbonyl (C=O) groups excluding carboxylic acids is 2. The van der Waals surface area contributed by atoms with Crippen LogP contribution in [0, 0.1) is 6.92 Å². The van der Waals surface area contributed by atoms with Crippen LogP contribution < -0.4 is 11.3 Å². The predicted octanol–water partition coefficient (Wildman–Crippen LogP) is 1.15. The second-order valence-corrected chi connectivity index (χ2v) is 4.59. The molecule has 0 amide bonds. The molecule has 21 heavy (non-hydrogen) atoms. The molecule has 1 aromatic heterocycles. The molecule has 6 nitrogen and oxygen atoms in total. The van der Waals surface area contributed by atoms with Crippen molar-refractivity contribution >= 4 is 28.2 Å². The number of benzene rings is 1. The first-order valence-electron chi connectivity index (χ1n) is 9.55. The van der Waals surface area contributed by atoms with E-state index in [9.17, 15) is 14.4 Å². The fourth-order valence-electron chi connectivity index (χ4n) is 2.24. The largest absolute Gasteiger partial charge is 0.398 e. The molecule has 0 bridgehead atoms. The third kappa shape index (κ3) is 2.12. The van der Waals surface area contributed by atoms with Gasteiger partial charge in [0.25, 0.3) is 5.56 Å². The first kappa shape index (κ1) is 7.49. The first-order chi connectivity index (χ1) is 12.8. The average molecular weight is 292 g/mol. The zero-order valence-electron chi connectivity index (χ0n) is 18.0. The van der Waals surface area contributed by atoms with Crippen LogP contribution in [0.5, 0.6) is 0 Å². The lowest BCUT2D eigenvalue weighted by Gasteiger charge is -2.24. The van der Waals surface area contributed by atoms with Gasteiger partial charge < -0.3 is 5.72 Å². The molecule has 1 aromatic carbocycles. The topological polar surface area (TPSA) is 95.0 Å². The second-order valence-electron chi connectivity index (χ2n) is 4.59. The van der Waals surface area contributed by atoms with Crippen LogP contribution in [0.15, 0.2) is 23.0 Å². The molecule has 108 valence electrons. The van der Waals surface area contributed by atoms with Crippen molar-refractivity contribution in [2.45, 2.75) is 32.1 Å². The van der Waals surface area contributed by atoms with E-state index in [0.717, 1.165) is 0 Å². The van der Waals surface area contributed by atoms with E-state index in [1.807, 2.05) is 0 Å². The predicted molar refractivity (Wildman–Crippen MR) is 78.1 cm³/mol. The van der Waals surface area contributed by atoms with E-state index < -0.39 is 42.3 Å². The average Bonchev–Trinajstić information content (AvgIpc) is 2.59. The smallest absolute Gasteiger partial charge is 0.264 e. The molecular weight excluding hydrogens is 270 g/mol. The molecule has 3 rings (SSSR count). The normalized spacial score (nSPS) is 32.1. The number of Topliss-reactive ketones (excluding diaryl/α,β-unsaturated/α-hetero) is 2. The summed E-state index contributed by atoms with van der Waals surface area (Å²) in [5.41, 5.74) is -1.09. The van der Waals surface area contributed by atoms with E-state index in [0.29, 0.717) is 4.57 Å². The summed E-state index contributed by atoms with van der Waals surface area (Å²) in [6.45, 7) is 1.25. The third-order valence-corrected chi connectivity index (χ3v) is 3.17. The molecule has 0 unspecified atom stereocenters. The Morgan fingerprint density at radius 3 is 3.05 bits per heavy atom. The van der Waals surface area contributed by atoms with E-state index in [4.69, 9.17) is 9.68 Å². The van der Waals surface area contributed by atoms with Crippen molar-refractivity contribution in [2.24, 2.45) is 0 Å². The number of nitrogen functional groups attached to an aromatic ring is 1. The maximum Gasteiger partial charge on any atom is 0.264 e. The lowest BCUT2D eigenvalue weighted by molar-refractivity contribution is -0.132. The molecule has 6 heteroatoms. The van der Waals surface area contributed by atoms with E-state index in [1.54, 1.807) is 0 Å². The summed E-state index contributed by atoms with van der Waals surface area (Å²) in [5.74, 6) is -2.84. The van der Waals surface area contributed by atoms with Gasteiger partial charge in [-0.25, -0.2) is 4.98 Å². The van der Waals surface area contributed by atoms with Gasteiger partial charge in [0.1, 0.15) is 11.6 Å². The van der Waals surface area contributed by atoms with Crippen LogP contribution in [0.4, 0.5) is 5.69 Å². The van der Waals surface area contributed by atoms with Crippen LogP contribution in [0.2, 0.25) is 2.82 Å². The van der Waals surface area contributed by atoms with E-state index in [-0.39, 0.29) is 28.1 Å². The summed E-state index contributed by atoms with van der Waals surface area (Å²) in [5, 5.41) is -0.300. The molecule has 1 saturated carbocycles. The van der Waals surface area contributed by atoms with Crippen molar-refractivity contribution in [1.82, 2.24) is 9.55 Å². The molecule has 0 aliphatic heterocycles. The summed E-state index contributed by atoms with van der Waals surface area (Å²) in [6, 6.07) is 1.02. The van der Waals surface area contributed by atoms with E-state index in [1.165, 1.54) is 25.1 Å². The number of nitrogens with two attached hydrogens (primary N) is 1.